The molecule has 12 heteroatoms. The third kappa shape index (κ3) is 6.89. The van der Waals surface area contributed by atoms with Gasteiger partial charge in [0.25, 0.3) is 5.91 Å². The molecule has 0 aliphatic heterocycles. The average Bonchev–Trinajstić information content (AvgIpc) is 2.77. The first-order valence-electron chi connectivity index (χ1n) is 9.74. The van der Waals surface area contributed by atoms with Gasteiger partial charge in [0.2, 0.25) is 11.9 Å². The Kier molecular flexibility index (Phi) is 7.38. The number of nitrogens with zero attached hydrogens (tertiary/aromatic N) is 3. The first kappa shape index (κ1) is 23.4. The van der Waals surface area contributed by atoms with E-state index in [0.717, 1.165) is 0 Å². The summed E-state index contributed by atoms with van der Waals surface area (Å²) in [5.41, 5.74) is -0.203. The lowest BCUT2D eigenvalue weighted by Gasteiger charge is -2.15. The maximum Gasteiger partial charge on any atom is 0.421 e. The van der Waals surface area contributed by atoms with Crippen LogP contribution in [0.1, 0.15) is 22.8 Å². The normalized spacial score (nSPS) is 10.9. The number of rotatable bonds is 8. The first-order valence-corrected chi connectivity index (χ1v) is 9.74. The van der Waals surface area contributed by atoms with Crippen molar-refractivity contribution in [1.82, 2.24) is 20.3 Å². The molecule has 1 aromatic carbocycles. The Balaban J connectivity index is 1.69. The Labute approximate surface area is 186 Å². The van der Waals surface area contributed by atoms with Gasteiger partial charge in [-0.05, 0) is 36.4 Å². The summed E-state index contributed by atoms with van der Waals surface area (Å²) in [6.45, 7) is 1.47. The zero-order chi connectivity index (χ0) is 23.8. The van der Waals surface area contributed by atoms with Crippen LogP contribution < -0.4 is 21.3 Å². The maximum absolute atomic E-state index is 13.3. The van der Waals surface area contributed by atoms with Crippen molar-refractivity contribution in [3.63, 3.8) is 0 Å². The Morgan fingerprint density at radius 3 is 2.39 bits per heavy atom. The minimum Gasteiger partial charge on any atom is -0.368 e. The zero-order valence-corrected chi connectivity index (χ0v) is 17.4. The van der Waals surface area contributed by atoms with Crippen LogP contribution >= 0.6 is 0 Å². The van der Waals surface area contributed by atoms with E-state index in [4.69, 9.17) is 0 Å². The lowest BCUT2D eigenvalue weighted by molar-refractivity contribution is -0.137. The average molecular weight is 459 g/mol. The molecule has 0 saturated carbocycles. The molecular weight excluding hydrogens is 439 g/mol. The number of benzene rings is 1. The molecule has 0 radical (unpaired) electrons. The largest absolute Gasteiger partial charge is 0.421 e. The number of hydrogen-bond donors (Lipinski definition) is 4. The molecule has 0 spiro atoms. The zero-order valence-electron chi connectivity index (χ0n) is 17.4. The van der Waals surface area contributed by atoms with Crippen molar-refractivity contribution in [3.05, 3.63) is 66.0 Å². The first-order chi connectivity index (χ1) is 15.7. The SMILES string of the molecule is CC(=O)NCCNc1nc(Nc2ccc(C(=O)Nc3ccccn3)cc2)ncc1C(F)(F)F. The molecule has 0 saturated heterocycles. The topological polar surface area (TPSA) is 121 Å². The molecule has 9 nitrogen and oxygen atoms in total. The fraction of sp³-hybridized carbons (Fsp3) is 0.190. The molecule has 2 heterocycles. The molecule has 0 aliphatic carbocycles. The molecule has 0 aliphatic rings. The molecule has 172 valence electrons. The van der Waals surface area contributed by atoms with Crippen LogP contribution in [0.4, 0.5) is 36.4 Å². The highest BCUT2D eigenvalue weighted by atomic mass is 19.4. The minimum atomic E-state index is -4.66. The minimum absolute atomic E-state index is 0.0409. The van der Waals surface area contributed by atoms with E-state index < -0.39 is 17.6 Å². The summed E-state index contributed by atoms with van der Waals surface area (Å²) in [6, 6.07) is 11.3. The van der Waals surface area contributed by atoms with Gasteiger partial charge < -0.3 is 21.3 Å². The van der Waals surface area contributed by atoms with Gasteiger partial charge in [0.05, 0.1) is 0 Å². The van der Waals surface area contributed by atoms with E-state index in [1.165, 1.54) is 19.1 Å². The monoisotopic (exact) mass is 459 g/mol. The molecule has 2 aromatic heterocycles. The summed E-state index contributed by atoms with van der Waals surface area (Å²) in [5.74, 6) is -0.749. The van der Waals surface area contributed by atoms with Gasteiger partial charge in [-0.15, -0.1) is 0 Å². The number of alkyl halides is 3. The molecule has 3 rings (SSSR count). The number of halogens is 3. The Morgan fingerprint density at radius 2 is 1.76 bits per heavy atom. The smallest absolute Gasteiger partial charge is 0.368 e. The second kappa shape index (κ2) is 10.4. The van der Waals surface area contributed by atoms with E-state index in [1.54, 1.807) is 36.5 Å². The highest BCUT2D eigenvalue weighted by Crippen LogP contribution is 2.34. The molecule has 0 fully saturated rings. The van der Waals surface area contributed by atoms with Gasteiger partial charge >= 0.3 is 6.18 Å². The van der Waals surface area contributed by atoms with Crippen LogP contribution in [-0.2, 0) is 11.0 Å². The Morgan fingerprint density at radius 1 is 1.00 bits per heavy atom. The number of amides is 2. The second-order valence-electron chi connectivity index (χ2n) is 6.73. The highest BCUT2D eigenvalue weighted by molar-refractivity contribution is 6.03. The summed E-state index contributed by atoms with van der Waals surface area (Å²) in [7, 11) is 0. The van der Waals surface area contributed by atoms with Crippen LogP contribution in [0, 0.1) is 0 Å². The van der Waals surface area contributed by atoms with Crippen molar-refractivity contribution in [3.8, 4) is 0 Å². The summed E-state index contributed by atoms with van der Waals surface area (Å²) in [5, 5.41) is 10.5. The lowest BCUT2D eigenvalue weighted by atomic mass is 10.2. The van der Waals surface area contributed by atoms with E-state index in [-0.39, 0.29) is 30.9 Å². The maximum atomic E-state index is 13.3. The van der Waals surface area contributed by atoms with E-state index in [9.17, 15) is 22.8 Å². The van der Waals surface area contributed by atoms with Crippen LogP contribution in [-0.4, -0.2) is 39.9 Å². The van der Waals surface area contributed by atoms with Gasteiger partial charge in [-0.2, -0.15) is 18.2 Å². The quantitative estimate of drug-likeness (QED) is 0.381. The standard InChI is InChI=1S/C21H20F3N7O2/c1-13(32)25-10-11-27-18-16(21(22,23)24)12-28-20(31-18)29-15-7-5-14(6-8-15)19(33)30-17-4-2-3-9-26-17/h2-9,12H,10-11H2,1H3,(H,25,32)(H,26,30,33)(H2,27,28,29,31). The Hall–Kier alpha value is -4.22. The number of nitrogens with one attached hydrogen (secondary N) is 4. The van der Waals surface area contributed by atoms with Crippen molar-refractivity contribution in [1.29, 1.82) is 0 Å². The van der Waals surface area contributed by atoms with E-state index >= 15 is 0 Å². The summed E-state index contributed by atoms with van der Waals surface area (Å²) < 4.78 is 39.8. The van der Waals surface area contributed by atoms with Crippen LogP contribution in [0.15, 0.2) is 54.9 Å². The van der Waals surface area contributed by atoms with Gasteiger partial charge in [0.15, 0.2) is 0 Å². The number of aromatic nitrogens is 3. The summed E-state index contributed by atoms with van der Waals surface area (Å²) in [6.07, 6.45) is -2.43. The summed E-state index contributed by atoms with van der Waals surface area (Å²) >= 11 is 0. The van der Waals surface area contributed by atoms with E-state index in [0.29, 0.717) is 23.3 Å². The molecule has 0 bridgehead atoms. The van der Waals surface area contributed by atoms with E-state index in [2.05, 4.69) is 36.2 Å². The van der Waals surface area contributed by atoms with Gasteiger partial charge in [-0.1, -0.05) is 6.07 Å². The van der Waals surface area contributed by atoms with Gasteiger partial charge in [0.1, 0.15) is 17.2 Å². The molecule has 0 unspecified atom stereocenters. The lowest BCUT2D eigenvalue weighted by Crippen LogP contribution is -2.27. The highest BCUT2D eigenvalue weighted by Gasteiger charge is 2.35. The number of hydrogen-bond acceptors (Lipinski definition) is 7. The number of anilines is 4. The predicted octanol–water partition coefficient (Wildman–Crippen LogP) is 3.43. The third-order valence-corrected chi connectivity index (χ3v) is 4.20. The van der Waals surface area contributed by atoms with Gasteiger partial charge in [-0.25, -0.2) is 9.97 Å². The predicted molar refractivity (Wildman–Crippen MR) is 116 cm³/mol. The summed E-state index contributed by atoms with van der Waals surface area (Å²) in [4.78, 5) is 34.9. The van der Waals surface area contributed by atoms with Crippen LogP contribution in [0.3, 0.4) is 0 Å². The van der Waals surface area contributed by atoms with Crippen molar-refractivity contribution in [2.24, 2.45) is 0 Å². The Bertz CT molecular complexity index is 1110. The second-order valence-corrected chi connectivity index (χ2v) is 6.73. The van der Waals surface area contributed by atoms with Crippen molar-refractivity contribution in [2.45, 2.75) is 13.1 Å². The van der Waals surface area contributed by atoms with Crippen molar-refractivity contribution in [2.75, 3.05) is 29.0 Å². The van der Waals surface area contributed by atoms with Gasteiger partial charge in [-0.3, -0.25) is 9.59 Å². The number of pyridine rings is 1. The molecular formula is C21H20F3N7O2. The van der Waals surface area contributed by atoms with Crippen LogP contribution in [0.5, 0.6) is 0 Å². The van der Waals surface area contributed by atoms with Crippen molar-refractivity contribution >= 4 is 35.1 Å². The molecule has 3 aromatic rings. The third-order valence-electron chi connectivity index (χ3n) is 4.20. The van der Waals surface area contributed by atoms with Crippen LogP contribution in [0.25, 0.3) is 0 Å². The number of carbonyl (C=O) groups excluding carboxylic acids is 2. The number of carbonyl (C=O) groups is 2. The van der Waals surface area contributed by atoms with Crippen LogP contribution in [0.2, 0.25) is 0 Å². The van der Waals surface area contributed by atoms with Gasteiger partial charge in [0, 0.05) is 43.7 Å². The fourth-order valence-electron chi connectivity index (χ4n) is 2.66. The molecule has 4 N–H and O–H groups in total. The molecule has 0 atom stereocenters. The molecule has 33 heavy (non-hydrogen) atoms. The molecule has 2 amide bonds. The fourth-order valence-corrected chi connectivity index (χ4v) is 2.66. The van der Waals surface area contributed by atoms with E-state index in [1.807, 2.05) is 0 Å². The van der Waals surface area contributed by atoms with Crippen molar-refractivity contribution < 1.29 is 22.8 Å².